The first-order valence-corrected chi connectivity index (χ1v) is 6.99. The number of nitrogens with two attached hydrogens (primary N) is 1. The summed E-state index contributed by atoms with van der Waals surface area (Å²) >= 11 is 0. The van der Waals surface area contributed by atoms with Crippen molar-refractivity contribution in [1.29, 1.82) is 0 Å². The smallest absolute Gasteiger partial charge is 0.223 e. The van der Waals surface area contributed by atoms with Crippen molar-refractivity contribution in [3.05, 3.63) is 24.3 Å². The van der Waals surface area contributed by atoms with Crippen molar-refractivity contribution in [3.8, 4) is 5.75 Å². The van der Waals surface area contributed by atoms with Crippen molar-refractivity contribution in [2.45, 2.75) is 32.1 Å². The zero-order valence-electron chi connectivity index (χ0n) is 11.2. The second-order valence-electron chi connectivity index (χ2n) is 5.13. The Morgan fingerprint density at radius 2 is 2.16 bits per heavy atom. The highest BCUT2D eigenvalue weighted by Gasteiger charge is 2.15. The molecule has 3 N–H and O–H groups in total. The first kappa shape index (κ1) is 13.7. The maximum atomic E-state index is 11.6. The Balaban J connectivity index is 1.60. The number of nitrogens with one attached hydrogen (secondary N) is 1. The van der Waals surface area contributed by atoms with Crippen LogP contribution in [0.4, 0.5) is 5.69 Å². The van der Waals surface area contributed by atoms with Gasteiger partial charge in [-0.2, -0.15) is 0 Å². The summed E-state index contributed by atoms with van der Waals surface area (Å²) in [4.78, 5) is 11.6. The minimum Gasteiger partial charge on any atom is -0.493 e. The molecule has 2 rings (SSSR count). The highest BCUT2D eigenvalue weighted by atomic mass is 16.5. The molecule has 0 atom stereocenters. The van der Waals surface area contributed by atoms with E-state index in [1.165, 1.54) is 25.7 Å². The average molecular weight is 262 g/mol. The van der Waals surface area contributed by atoms with Crippen LogP contribution < -0.4 is 15.8 Å². The van der Waals surface area contributed by atoms with Crippen LogP contribution in [0.5, 0.6) is 5.75 Å². The first-order valence-electron chi connectivity index (χ1n) is 6.99. The molecule has 0 aromatic heterocycles. The summed E-state index contributed by atoms with van der Waals surface area (Å²) in [5.74, 6) is 1.46. The van der Waals surface area contributed by atoms with Crippen molar-refractivity contribution < 1.29 is 9.53 Å². The van der Waals surface area contributed by atoms with Crippen LogP contribution in [0.15, 0.2) is 24.3 Å². The highest BCUT2D eigenvalue weighted by Crippen LogP contribution is 2.23. The number of benzene rings is 1. The van der Waals surface area contributed by atoms with E-state index >= 15 is 0 Å². The van der Waals surface area contributed by atoms with Gasteiger partial charge in [0.1, 0.15) is 5.75 Å². The Morgan fingerprint density at radius 1 is 1.37 bits per heavy atom. The Hall–Kier alpha value is -1.71. The second-order valence-corrected chi connectivity index (χ2v) is 5.13. The number of amides is 1. The van der Waals surface area contributed by atoms with Crippen LogP contribution >= 0.6 is 0 Å². The van der Waals surface area contributed by atoms with Crippen molar-refractivity contribution in [2.24, 2.45) is 5.92 Å². The lowest BCUT2D eigenvalue weighted by atomic mass is 10.1. The largest absolute Gasteiger partial charge is 0.493 e. The van der Waals surface area contributed by atoms with Crippen LogP contribution in [0.1, 0.15) is 32.1 Å². The van der Waals surface area contributed by atoms with Gasteiger partial charge in [0, 0.05) is 18.3 Å². The lowest BCUT2D eigenvalue weighted by Crippen LogP contribution is -2.29. The van der Waals surface area contributed by atoms with E-state index in [4.69, 9.17) is 10.5 Å². The van der Waals surface area contributed by atoms with Gasteiger partial charge >= 0.3 is 0 Å². The molecule has 0 saturated heterocycles. The van der Waals surface area contributed by atoms with E-state index in [1.807, 2.05) is 12.1 Å². The third-order valence-electron chi connectivity index (χ3n) is 3.52. The van der Waals surface area contributed by atoms with Crippen molar-refractivity contribution in [2.75, 3.05) is 18.9 Å². The minimum absolute atomic E-state index is 0.0656. The molecule has 1 aromatic rings. The van der Waals surface area contributed by atoms with Gasteiger partial charge in [-0.05, 0) is 30.9 Å². The molecule has 0 unspecified atom stereocenters. The van der Waals surface area contributed by atoms with E-state index < -0.39 is 0 Å². The van der Waals surface area contributed by atoms with Crippen LogP contribution in [-0.2, 0) is 4.79 Å². The Labute approximate surface area is 114 Å². The molecule has 4 heteroatoms. The molecule has 0 spiro atoms. The number of hydrogen-bond acceptors (Lipinski definition) is 3. The first-order chi connectivity index (χ1) is 9.24. The molecule has 4 nitrogen and oxygen atoms in total. The van der Waals surface area contributed by atoms with Gasteiger partial charge in [0.2, 0.25) is 5.91 Å². The molecule has 104 valence electrons. The van der Waals surface area contributed by atoms with Gasteiger partial charge in [-0.1, -0.05) is 18.9 Å². The second kappa shape index (κ2) is 7.02. The summed E-state index contributed by atoms with van der Waals surface area (Å²) in [7, 11) is 0. The van der Waals surface area contributed by atoms with Crippen LogP contribution in [0, 0.1) is 5.92 Å². The lowest BCUT2D eigenvalue weighted by molar-refractivity contribution is -0.121. The summed E-state index contributed by atoms with van der Waals surface area (Å²) in [6.45, 7) is 1.21. The Morgan fingerprint density at radius 3 is 2.89 bits per heavy atom. The Kier molecular flexibility index (Phi) is 5.07. The predicted molar refractivity (Wildman–Crippen MR) is 75.9 cm³/mol. The number of ether oxygens (including phenoxy) is 1. The van der Waals surface area contributed by atoms with Gasteiger partial charge in [0.15, 0.2) is 0 Å². The molecule has 0 radical (unpaired) electrons. The number of hydrogen-bond donors (Lipinski definition) is 2. The molecule has 0 aliphatic heterocycles. The molecule has 1 aromatic carbocycles. The maximum absolute atomic E-state index is 11.6. The fraction of sp³-hybridized carbons (Fsp3) is 0.533. The van der Waals surface area contributed by atoms with Gasteiger partial charge in [0.05, 0.1) is 13.0 Å². The molecule has 0 heterocycles. The summed E-state index contributed by atoms with van der Waals surface area (Å²) in [5, 5.41) is 2.98. The highest BCUT2D eigenvalue weighted by molar-refractivity contribution is 5.75. The van der Waals surface area contributed by atoms with Gasteiger partial charge in [-0.3, -0.25) is 4.79 Å². The summed E-state index contributed by atoms with van der Waals surface area (Å²) in [6.07, 6.45) is 5.50. The molecule has 1 aliphatic carbocycles. The zero-order chi connectivity index (χ0) is 13.5. The molecule has 0 bridgehead atoms. The molecular weight excluding hydrogens is 240 g/mol. The molecule has 19 heavy (non-hydrogen) atoms. The van der Waals surface area contributed by atoms with Gasteiger partial charge in [-0.25, -0.2) is 0 Å². The molecule has 1 fully saturated rings. The molecule has 1 saturated carbocycles. The van der Waals surface area contributed by atoms with Crippen LogP contribution in [-0.4, -0.2) is 19.1 Å². The third-order valence-corrected chi connectivity index (χ3v) is 3.52. The van der Waals surface area contributed by atoms with E-state index in [0.29, 0.717) is 30.4 Å². The van der Waals surface area contributed by atoms with E-state index in [0.717, 1.165) is 6.54 Å². The van der Waals surface area contributed by atoms with Crippen molar-refractivity contribution in [3.63, 3.8) is 0 Å². The quantitative estimate of drug-likeness (QED) is 0.773. The van der Waals surface area contributed by atoms with Gasteiger partial charge < -0.3 is 15.8 Å². The summed E-state index contributed by atoms with van der Waals surface area (Å²) < 4.78 is 5.49. The van der Waals surface area contributed by atoms with Crippen LogP contribution in [0.2, 0.25) is 0 Å². The predicted octanol–water partition coefficient (Wildman–Crippen LogP) is 2.34. The van der Waals surface area contributed by atoms with Gasteiger partial charge in [-0.15, -0.1) is 0 Å². The van der Waals surface area contributed by atoms with Crippen molar-refractivity contribution in [1.82, 2.24) is 5.32 Å². The number of nitrogen functional groups attached to an aromatic ring is 1. The SMILES string of the molecule is Nc1cccc(OCCC(=O)NCC2CCCC2)c1. The lowest BCUT2D eigenvalue weighted by Gasteiger charge is -2.11. The number of carbonyl (C=O) groups excluding carboxylic acids is 1. The number of anilines is 1. The number of carbonyl (C=O) groups is 1. The minimum atomic E-state index is 0.0656. The summed E-state index contributed by atoms with van der Waals surface area (Å²) in [5.41, 5.74) is 6.32. The third kappa shape index (κ3) is 4.81. The maximum Gasteiger partial charge on any atom is 0.223 e. The van der Waals surface area contributed by atoms with E-state index in [2.05, 4.69) is 5.32 Å². The Bertz CT molecular complexity index is 414. The van der Waals surface area contributed by atoms with Crippen LogP contribution in [0.3, 0.4) is 0 Å². The normalized spacial score (nSPS) is 15.4. The fourth-order valence-electron chi connectivity index (χ4n) is 2.43. The van der Waals surface area contributed by atoms with E-state index in [9.17, 15) is 4.79 Å². The van der Waals surface area contributed by atoms with Crippen molar-refractivity contribution >= 4 is 11.6 Å². The monoisotopic (exact) mass is 262 g/mol. The van der Waals surface area contributed by atoms with E-state index in [1.54, 1.807) is 12.1 Å². The zero-order valence-corrected chi connectivity index (χ0v) is 11.2. The van der Waals surface area contributed by atoms with Gasteiger partial charge in [0.25, 0.3) is 0 Å². The standard InChI is InChI=1S/C15H22N2O2/c16-13-6-3-7-14(10-13)19-9-8-15(18)17-11-12-4-1-2-5-12/h3,6-7,10,12H,1-2,4-5,8-9,11,16H2,(H,17,18). The fourth-order valence-corrected chi connectivity index (χ4v) is 2.43. The average Bonchev–Trinajstić information content (AvgIpc) is 2.89. The molecule has 1 amide bonds. The molecule has 1 aliphatic rings. The van der Waals surface area contributed by atoms with Crippen LogP contribution in [0.25, 0.3) is 0 Å². The summed E-state index contributed by atoms with van der Waals surface area (Å²) in [6, 6.07) is 7.25. The number of rotatable bonds is 6. The topological polar surface area (TPSA) is 64.3 Å². The molecular formula is C15H22N2O2. The van der Waals surface area contributed by atoms with E-state index in [-0.39, 0.29) is 5.91 Å².